The number of carbonyl (C=O) groups excluding carboxylic acids is 1. The van der Waals surface area contributed by atoms with Crippen LogP contribution in [-0.2, 0) is 4.79 Å². The van der Waals surface area contributed by atoms with E-state index in [1.54, 1.807) is 0 Å². The molecule has 2 nitrogen and oxygen atoms in total. The lowest BCUT2D eigenvalue weighted by molar-refractivity contribution is -0.121. The van der Waals surface area contributed by atoms with Crippen molar-refractivity contribution < 1.29 is 4.79 Å². The van der Waals surface area contributed by atoms with Crippen LogP contribution >= 0.6 is 11.6 Å². The molecule has 0 aromatic rings. The number of rotatable bonds is 8. The first-order valence-corrected chi connectivity index (χ1v) is 6.09. The molecule has 0 aromatic carbocycles. The molecule has 0 aliphatic carbocycles. The van der Waals surface area contributed by atoms with Crippen LogP contribution < -0.4 is 5.32 Å². The molecule has 0 heterocycles. The van der Waals surface area contributed by atoms with Crippen LogP contribution in [-0.4, -0.2) is 17.8 Å². The van der Waals surface area contributed by atoms with E-state index in [1.807, 2.05) is 0 Å². The summed E-state index contributed by atoms with van der Waals surface area (Å²) in [5.41, 5.74) is 0. The van der Waals surface area contributed by atoms with Crippen LogP contribution in [0.5, 0.6) is 0 Å². The lowest BCUT2D eigenvalue weighted by Crippen LogP contribution is -2.32. The molecule has 3 heteroatoms. The molecule has 0 saturated carbocycles. The molecular weight excluding hydrogens is 198 g/mol. The Morgan fingerprint density at radius 2 is 2.07 bits per heavy atom. The van der Waals surface area contributed by atoms with Gasteiger partial charge in [0.2, 0.25) is 5.91 Å². The monoisotopic (exact) mass is 219 g/mol. The predicted molar refractivity (Wildman–Crippen MR) is 61.7 cm³/mol. The van der Waals surface area contributed by atoms with Crippen molar-refractivity contribution in [2.75, 3.05) is 5.88 Å². The fourth-order valence-electron chi connectivity index (χ4n) is 1.38. The number of hydrogen-bond donors (Lipinski definition) is 1. The molecule has 0 fully saturated rings. The Hall–Kier alpha value is -0.240. The summed E-state index contributed by atoms with van der Waals surface area (Å²) in [6.07, 6.45) is 6.53. The van der Waals surface area contributed by atoms with Gasteiger partial charge in [-0.05, 0) is 13.3 Å². The summed E-state index contributed by atoms with van der Waals surface area (Å²) in [7, 11) is 0. The molecule has 1 amide bonds. The summed E-state index contributed by atoms with van der Waals surface area (Å²) >= 11 is 5.46. The van der Waals surface area contributed by atoms with Crippen LogP contribution in [0, 0.1) is 0 Å². The van der Waals surface area contributed by atoms with Crippen LogP contribution in [0.3, 0.4) is 0 Å². The molecule has 0 aliphatic rings. The Balaban J connectivity index is 3.35. The molecular formula is C11H22ClNO. The topological polar surface area (TPSA) is 29.1 Å². The number of amides is 1. The van der Waals surface area contributed by atoms with Gasteiger partial charge in [-0.15, -0.1) is 11.6 Å². The maximum Gasteiger partial charge on any atom is 0.221 e. The molecule has 0 unspecified atom stereocenters. The zero-order valence-corrected chi connectivity index (χ0v) is 10.1. The van der Waals surface area contributed by atoms with Gasteiger partial charge in [0, 0.05) is 18.3 Å². The van der Waals surface area contributed by atoms with Crippen molar-refractivity contribution in [2.24, 2.45) is 0 Å². The third kappa shape index (κ3) is 8.36. The minimum absolute atomic E-state index is 0.0722. The van der Waals surface area contributed by atoms with Crippen LogP contribution in [0.4, 0.5) is 0 Å². The second-order valence-electron chi connectivity index (χ2n) is 3.76. The lowest BCUT2D eigenvalue weighted by Gasteiger charge is -2.12. The maximum atomic E-state index is 11.1. The van der Waals surface area contributed by atoms with Crippen molar-refractivity contribution in [1.29, 1.82) is 0 Å². The van der Waals surface area contributed by atoms with Crippen LogP contribution in [0.2, 0.25) is 0 Å². The summed E-state index contributed by atoms with van der Waals surface area (Å²) in [5, 5.41) is 2.93. The molecule has 0 aromatic heterocycles. The minimum atomic E-state index is 0.0722. The zero-order chi connectivity index (χ0) is 10.8. The number of nitrogens with one attached hydrogen (secondary N) is 1. The fourth-order valence-corrected chi connectivity index (χ4v) is 1.55. The van der Waals surface area contributed by atoms with Gasteiger partial charge >= 0.3 is 0 Å². The van der Waals surface area contributed by atoms with E-state index in [4.69, 9.17) is 11.6 Å². The minimum Gasteiger partial charge on any atom is -0.354 e. The van der Waals surface area contributed by atoms with Crippen molar-refractivity contribution >= 4 is 17.5 Å². The van der Waals surface area contributed by atoms with E-state index in [1.165, 1.54) is 25.7 Å². The van der Waals surface area contributed by atoms with Gasteiger partial charge in [-0.25, -0.2) is 0 Å². The van der Waals surface area contributed by atoms with E-state index in [0.717, 1.165) is 6.42 Å². The smallest absolute Gasteiger partial charge is 0.221 e. The average Bonchev–Trinajstić information content (AvgIpc) is 2.13. The highest BCUT2D eigenvalue weighted by molar-refractivity contribution is 6.18. The highest BCUT2D eigenvalue weighted by Crippen LogP contribution is 2.05. The summed E-state index contributed by atoms with van der Waals surface area (Å²) in [5.74, 6) is 0.483. The van der Waals surface area contributed by atoms with E-state index in [2.05, 4.69) is 19.2 Å². The van der Waals surface area contributed by atoms with Gasteiger partial charge < -0.3 is 5.32 Å². The Morgan fingerprint density at radius 1 is 1.36 bits per heavy atom. The number of halogens is 1. The SMILES string of the molecule is CCCCCC[C@H](C)NC(=O)CCCl. The third-order valence-corrected chi connectivity index (χ3v) is 2.41. The molecule has 0 aliphatic heterocycles. The van der Waals surface area contributed by atoms with Gasteiger partial charge in [0.1, 0.15) is 0 Å². The lowest BCUT2D eigenvalue weighted by atomic mass is 10.1. The second kappa shape index (κ2) is 9.32. The van der Waals surface area contributed by atoms with Gasteiger partial charge in [0.15, 0.2) is 0 Å². The van der Waals surface area contributed by atoms with E-state index in [9.17, 15) is 4.79 Å². The van der Waals surface area contributed by atoms with Gasteiger partial charge in [0.25, 0.3) is 0 Å². The quantitative estimate of drug-likeness (QED) is 0.493. The zero-order valence-electron chi connectivity index (χ0n) is 9.31. The molecule has 1 atom stereocenters. The molecule has 0 spiro atoms. The molecule has 0 saturated heterocycles. The highest BCUT2D eigenvalue weighted by Gasteiger charge is 2.05. The molecule has 1 N–H and O–H groups in total. The standard InChI is InChI=1S/C11H22ClNO/c1-3-4-5-6-7-10(2)13-11(14)8-9-12/h10H,3-9H2,1-2H3,(H,13,14)/t10-/m0/s1. The van der Waals surface area contributed by atoms with Crippen molar-refractivity contribution in [3.63, 3.8) is 0 Å². The largest absolute Gasteiger partial charge is 0.354 e. The van der Waals surface area contributed by atoms with E-state index in [0.29, 0.717) is 18.3 Å². The first kappa shape index (κ1) is 13.8. The molecule has 14 heavy (non-hydrogen) atoms. The van der Waals surface area contributed by atoms with E-state index < -0.39 is 0 Å². The van der Waals surface area contributed by atoms with Crippen LogP contribution in [0.1, 0.15) is 52.4 Å². The predicted octanol–water partition coefficient (Wildman–Crippen LogP) is 3.09. The van der Waals surface area contributed by atoms with Crippen LogP contribution in [0.25, 0.3) is 0 Å². The highest BCUT2D eigenvalue weighted by atomic mass is 35.5. The van der Waals surface area contributed by atoms with Crippen molar-refractivity contribution in [3.05, 3.63) is 0 Å². The number of hydrogen-bond acceptors (Lipinski definition) is 1. The Labute approximate surface area is 92.4 Å². The van der Waals surface area contributed by atoms with Crippen LogP contribution in [0.15, 0.2) is 0 Å². The summed E-state index contributed by atoms with van der Waals surface area (Å²) in [6, 6.07) is 0.294. The average molecular weight is 220 g/mol. The first-order valence-electron chi connectivity index (χ1n) is 5.56. The van der Waals surface area contributed by atoms with Gasteiger partial charge in [-0.3, -0.25) is 4.79 Å². The van der Waals surface area contributed by atoms with Crippen molar-refractivity contribution in [1.82, 2.24) is 5.32 Å². The van der Waals surface area contributed by atoms with E-state index >= 15 is 0 Å². The van der Waals surface area contributed by atoms with E-state index in [-0.39, 0.29) is 5.91 Å². The summed E-state index contributed by atoms with van der Waals surface area (Å²) in [4.78, 5) is 11.1. The number of alkyl halides is 1. The fraction of sp³-hybridized carbons (Fsp3) is 0.909. The van der Waals surface area contributed by atoms with Gasteiger partial charge in [-0.1, -0.05) is 32.6 Å². The second-order valence-corrected chi connectivity index (χ2v) is 4.13. The Morgan fingerprint density at radius 3 is 2.64 bits per heavy atom. The van der Waals surface area contributed by atoms with Gasteiger partial charge in [0.05, 0.1) is 0 Å². The third-order valence-electron chi connectivity index (χ3n) is 2.22. The number of carbonyl (C=O) groups is 1. The van der Waals surface area contributed by atoms with Crippen molar-refractivity contribution in [3.8, 4) is 0 Å². The summed E-state index contributed by atoms with van der Waals surface area (Å²) < 4.78 is 0. The Bertz CT molecular complexity index is 150. The normalized spacial score (nSPS) is 12.5. The van der Waals surface area contributed by atoms with Gasteiger partial charge in [-0.2, -0.15) is 0 Å². The molecule has 0 rings (SSSR count). The Kier molecular flexibility index (Phi) is 9.16. The van der Waals surface area contributed by atoms with Crippen molar-refractivity contribution in [2.45, 2.75) is 58.4 Å². The first-order chi connectivity index (χ1) is 6.70. The number of unbranched alkanes of at least 4 members (excludes halogenated alkanes) is 3. The maximum absolute atomic E-state index is 11.1. The molecule has 0 bridgehead atoms. The molecule has 84 valence electrons. The summed E-state index contributed by atoms with van der Waals surface area (Å²) in [6.45, 7) is 4.25. The molecule has 0 radical (unpaired) electrons.